The fraction of sp³-hybridized carbons (Fsp3) is 0.0833. The third kappa shape index (κ3) is 3.47. The number of nitrogens with two attached hydrogens (primary N) is 1. The summed E-state index contributed by atoms with van der Waals surface area (Å²) in [5, 5.41) is 10.3. The van der Waals surface area contributed by atoms with Crippen LogP contribution in [0.15, 0.2) is 34.8 Å². The maximum Gasteiger partial charge on any atom is 0.269 e. The maximum atomic E-state index is 13.5. The summed E-state index contributed by atoms with van der Waals surface area (Å²) in [6.07, 6.45) is 0. The summed E-state index contributed by atoms with van der Waals surface area (Å²) in [7, 11) is 0. The highest BCUT2D eigenvalue weighted by atomic mass is 79.9. The smallest absolute Gasteiger partial charge is 0.269 e. The van der Waals surface area contributed by atoms with E-state index in [2.05, 4.69) is 31.4 Å². The van der Waals surface area contributed by atoms with Gasteiger partial charge in [0.25, 0.3) is 5.91 Å². The highest BCUT2D eigenvalue weighted by molar-refractivity contribution is 9.10. The zero-order valence-electron chi connectivity index (χ0n) is 9.73. The first-order chi connectivity index (χ1) is 9.06. The topological polar surface area (TPSA) is 80.9 Å². The van der Waals surface area contributed by atoms with Crippen LogP contribution in [0.5, 0.6) is 0 Å². The van der Waals surface area contributed by atoms with E-state index in [0.29, 0.717) is 11.4 Å². The van der Waals surface area contributed by atoms with Crippen molar-refractivity contribution in [3.63, 3.8) is 0 Å². The van der Waals surface area contributed by atoms with Gasteiger partial charge in [0, 0.05) is 16.6 Å². The van der Waals surface area contributed by atoms with Crippen LogP contribution in [0.1, 0.15) is 16.1 Å². The molecule has 0 atom stereocenters. The monoisotopic (exact) mass is 324 g/mol. The van der Waals surface area contributed by atoms with Crippen molar-refractivity contribution in [2.45, 2.75) is 6.54 Å². The van der Waals surface area contributed by atoms with E-state index in [1.54, 1.807) is 18.2 Å². The Morgan fingerprint density at radius 2 is 2.11 bits per heavy atom. The molecule has 0 saturated carbocycles. The van der Waals surface area contributed by atoms with E-state index in [0.717, 1.165) is 4.47 Å². The molecule has 0 unspecified atom stereocenters. The molecule has 0 aliphatic carbocycles. The third-order valence-corrected chi connectivity index (χ3v) is 2.88. The molecule has 0 saturated heterocycles. The van der Waals surface area contributed by atoms with Crippen LogP contribution in [-0.4, -0.2) is 16.1 Å². The number of anilines is 1. The quantitative estimate of drug-likeness (QED) is 0.902. The number of aromatic nitrogens is 2. The largest absolute Gasteiger partial charge is 0.364 e. The van der Waals surface area contributed by atoms with Crippen LogP contribution in [0.4, 0.5) is 10.2 Å². The summed E-state index contributed by atoms with van der Waals surface area (Å²) >= 11 is 3.27. The van der Waals surface area contributed by atoms with Crippen LogP contribution in [-0.2, 0) is 6.54 Å². The molecule has 1 aromatic heterocycles. The number of nitrogens with one attached hydrogen (secondary N) is 1. The predicted molar refractivity (Wildman–Crippen MR) is 72.0 cm³/mol. The Bertz CT molecular complexity index is 603. The zero-order valence-corrected chi connectivity index (χ0v) is 11.3. The molecule has 3 N–H and O–H groups in total. The van der Waals surface area contributed by atoms with E-state index < -0.39 is 5.91 Å². The summed E-state index contributed by atoms with van der Waals surface area (Å²) in [4.78, 5) is 10.8. The Hall–Kier alpha value is -2.02. The number of carbonyl (C=O) groups is 1. The van der Waals surface area contributed by atoms with Gasteiger partial charge in [0.2, 0.25) is 0 Å². The minimum Gasteiger partial charge on any atom is -0.364 e. The van der Waals surface area contributed by atoms with Crippen molar-refractivity contribution in [3.05, 3.63) is 51.9 Å². The first-order valence-corrected chi connectivity index (χ1v) is 6.17. The first-order valence-electron chi connectivity index (χ1n) is 5.37. The molecule has 2 aromatic rings. The summed E-state index contributed by atoms with van der Waals surface area (Å²) in [5.74, 6) is -0.515. The molecule has 7 heteroatoms. The number of nitrogens with zero attached hydrogens (tertiary/aromatic N) is 2. The van der Waals surface area contributed by atoms with Gasteiger partial charge in [0.05, 0.1) is 0 Å². The van der Waals surface area contributed by atoms with Crippen LogP contribution < -0.4 is 11.1 Å². The van der Waals surface area contributed by atoms with Crippen molar-refractivity contribution in [2.24, 2.45) is 5.73 Å². The molecule has 5 nitrogen and oxygen atoms in total. The van der Waals surface area contributed by atoms with Crippen molar-refractivity contribution in [3.8, 4) is 0 Å². The molecule has 0 aliphatic heterocycles. The molecule has 0 spiro atoms. The van der Waals surface area contributed by atoms with Crippen molar-refractivity contribution in [1.29, 1.82) is 0 Å². The van der Waals surface area contributed by atoms with Gasteiger partial charge in [-0.1, -0.05) is 15.9 Å². The highest BCUT2D eigenvalue weighted by Gasteiger charge is 2.05. The average Bonchev–Trinajstić information content (AvgIpc) is 2.40. The van der Waals surface area contributed by atoms with Gasteiger partial charge in [-0.3, -0.25) is 4.79 Å². The minimum atomic E-state index is -0.642. The maximum absolute atomic E-state index is 13.5. The number of benzene rings is 1. The standard InChI is InChI=1S/C12H10BrFN4O/c13-8-1-2-9(14)7(5-8)6-16-11-4-3-10(12(15)19)17-18-11/h1-5H,6H2,(H2,15,19)(H,16,18). The zero-order chi connectivity index (χ0) is 13.8. The Morgan fingerprint density at radius 3 is 2.74 bits per heavy atom. The first kappa shape index (κ1) is 13.4. The molecule has 0 aliphatic rings. The van der Waals surface area contributed by atoms with Crippen LogP contribution in [0.25, 0.3) is 0 Å². The minimum absolute atomic E-state index is 0.0826. The second-order valence-corrected chi connectivity index (χ2v) is 4.67. The van der Waals surface area contributed by atoms with Gasteiger partial charge < -0.3 is 11.1 Å². The number of carbonyl (C=O) groups excluding carboxylic acids is 1. The predicted octanol–water partition coefficient (Wildman–Crippen LogP) is 2.09. The third-order valence-electron chi connectivity index (χ3n) is 2.38. The van der Waals surface area contributed by atoms with Gasteiger partial charge in [0.15, 0.2) is 5.69 Å². The van der Waals surface area contributed by atoms with E-state index >= 15 is 0 Å². The molecule has 0 radical (unpaired) electrons. The SMILES string of the molecule is NC(=O)c1ccc(NCc2cc(Br)ccc2F)nn1. The lowest BCUT2D eigenvalue weighted by Crippen LogP contribution is -2.14. The van der Waals surface area contributed by atoms with Gasteiger partial charge in [0.1, 0.15) is 11.6 Å². The number of halogens is 2. The number of amides is 1. The summed E-state index contributed by atoms with van der Waals surface area (Å²) in [5.41, 5.74) is 5.63. The number of rotatable bonds is 4. The van der Waals surface area contributed by atoms with Gasteiger partial charge >= 0.3 is 0 Å². The van der Waals surface area contributed by atoms with Crippen LogP contribution in [0, 0.1) is 5.82 Å². The molecule has 1 aromatic carbocycles. The van der Waals surface area contributed by atoms with Crippen molar-refractivity contribution >= 4 is 27.7 Å². The van der Waals surface area contributed by atoms with Crippen LogP contribution in [0.2, 0.25) is 0 Å². The Morgan fingerprint density at radius 1 is 1.32 bits per heavy atom. The van der Waals surface area contributed by atoms with Gasteiger partial charge in [-0.2, -0.15) is 0 Å². The number of hydrogen-bond acceptors (Lipinski definition) is 4. The fourth-order valence-corrected chi connectivity index (χ4v) is 1.83. The second kappa shape index (κ2) is 5.75. The van der Waals surface area contributed by atoms with Crippen molar-refractivity contribution in [1.82, 2.24) is 10.2 Å². The summed E-state index contributed by atoms with van der Waals surface area (Å²) < 4.78 is 14.3. The highest BCUT2D eigenvalue weighted by Crippen LogP contribution is 2.16. The average molecular weight is 325 g/mol. The molecular formula is C12H10BrFN4O. The van der Waals surface area contributed by atoms with E-state index in [4.69, 9.17) is 5.73 Å². The van der Waals surface area contributed by atoms with Crippen molar-refractivity contribution < 1.29 is 9.18 Å². The molecule has 0 fully saturated rings. The molecule has 2 rings (SSSR count). The lowest BCUT2D eigenvalue weighted by atomic mass is 10.2. The van der Waals surface area contributed by atoms with Gasteiger partial charge in [-0.25, -0.2) is 4.39 Å². The Balaban J connectivity index is 2.06. The lowest BCUT2D eigenvalue weighted by Gasteiger charge is -2.06. The molecule has 98 valence electrons. The molecule has 1 amide bonds. The van der Waals surface area contributed by atoms with E-state index in [1.165, 1.54) is 12.1 Å². The normalized spacial score (nSPS) is 10.2. The van der Waals surface area contributed by atoms with E-state index in [-0.39, 0.29) is 18.1 Å². The molecule has 19 heavy (non-hydrogen) atoms. The second-order valence-electron chi connectivity index (χ2n) is 3.76. The van der Waals surface area contributed by atoms with Crippen LogP contribution >= 0.6 is 15.9 Å². The molecule has 0 bridgehead atoms. The Kier molecular flexibility index (Phi) is 4.06. The van der Waals surface area contributed by atoms with Gasteiger partial charge in [-0.15, -0.1) is 10.2 Å². The van der Waals surface area contributed by atoms with E-state index in [1.807, 2.05) is 0 Å². The number of primary amides is 1. The van der Waals surface area contributed by atoms with Gasteiger partial charge in [-0.05, 0) is 30.3 Å². The Labute approximate surface area is 117 Å². The van der Waals surface area contributed by atoms with Crippen LogP contribution in [0.3, 0.4) is 0 Å². The molecular weight excluding hydrogens is 315 g/mol. The molecule has 1 heterocycles. The van der Waals surface area contributed by atoms with Crippen molar-refractivity contribution in [2.75, 3.05) is 5.32 Å². The summed E-state index contributed by atoms with van der Waals surface area (Å²) in [6, 6.07) is 7.69. The summed E-state index contributed by atoms with van der Waals surface area (Å²) in [6.45, 7) is 0.260. The lowest BCUT2D eigenvalue weighted by molar-refractivity contribution is 0.0994. The fourth-order valence-electron chi connectivity index (χ4n) is 1.42. The number of hydrogen-bond donors (Lipinski definition) is 2. The van der Waals surface area contributed by atoms with E-state index in [9.17, 15) is 9.18 Å².